The average molecular weight is 108 g/mol. The third-order valence-electron chi connectivity index (χ3n) is 3.63. The van der Waals surface area contributed by atoms with Gasteiger partial charge in [-0.2, -0.15) is 0 Å². The van der Waals surface area contributed by atoms with E-state index in [9.17, 15) is 0 Å². The van der Waals surface area contributed by atoms with E-state index in [2.05, 4.69) is 0 Å². The lowest BCUT2D eigenvalue weighted by Crippen LogP contribution is -2.16. The van der Waals surface area contributed by atoms with Gasteiger partial charge in [-0.1, -0.05) is 12.8 Å². The average Bonchev–Trinajstić information content (AvgIpc) is 2.33. The van der Waals surface area contributed by atoms with Crippen molar-refractivity contribution in [3.8, 4) is 0 Å². The highest BCUT2D eigenvalue weighted by molar-refractivity contribution is 5.11. The second kappa shape index (κ2) is 0.984. The molecular weight excluding hydrogens is 96.1 g/mol. The minimum Gasteiger partial charge on any atom is -0.0527 e. The molecule has 44 valence electrons. The van der Waals surface area contributed by atoms with Gasteiger partial charge in [0.2, 0.25) is 0 Å². The van der Waals surface area contributed by atoms with Crippen LogP contribution in [0.4, 0.5) is 0 Å². The van der Waals surface area contributed by atoms with Gasteiger partial charge in [0.25, 0.3) is 0 Å². The van der Waals surface area contributed by atoms with Crippen LogP contribution in [0, 0.1) is 23.7 Å². The third kappa shape index (κ3) is 0.260. The number of hydrogen-bond donors (Lipinski definition) is 0. The quantitative estimate of drug-likeness (QED) is 0.445. The minimum atomic E-state index is 1.22. The Morgan fingerprint density at radius 3 is 2.75 bits per heavy atom. The van der Waals surface area contributed by atoms with Gasteiger partial charge in [-0.15, -0.1) is 0 Å². The summed E-state index contributed by atoms with van der Waals surface area (Å²) in [6.45, 7) is 0. The van der Waals surface area contributed by atoms with E-state index in [0.717, 1.165) is 0 Å². The van der Waals surface area contributed by atoms with E-state index in [1.807, 2.05) is 0 Å². The van der Waals surface area contributed by atoms with Crippen molar-refractivity contribution >= 4 is 0 Å². The molecule has 0 heteroatoms. The molecule has 0 aromatic carbocycles. The number of hydrogen-bond acceptors (Lipinski definition) is 0. The van der Waals surface area contributed by atoms with Crippen LogP contribution >= 0.6 is 0 Å². The third-order valence-corrected chi connectivity index (χ3v) is 3.63. The van der Waals surface area contributed by atoms with Crippen LogP contribution in [0.5, 0.6) is 0 Å². The molecule has 0 spiro atoms. The smallest absolute Gasteiger partial charge is 0.0323 e. The van der Waals surface area contributed by atoms with Crippen LogP contribution in [0.1, 0.15) is 25.7 Å². The summed E-state index contributed by atoms with van der Waals surface area (Å²) in [4.78, 5) is 0. The molecule has 0 aromatic heterocycles. The topological polar surface area (TPSA) is 0 Å². The first-order valence-electron chi connectivity index (χ1n) is 3.97. The molecule has 3 fully saturated rings. The summed E-state index contributed by atoms with van der Waals surface area (Å²) in [6.07, 6.45) is 6.35. The second-order valence-corrected chi connectivity index (χ2v) is 3.83. The second-order valence-electron chi connectivity index (χ2n) is 3.83. The van der Waals surface area contributed by atoms with Crippen LogP contribution in [0.2, 0.25) is 0 Å². The predicted octanol–water partition coefficient (Wildman–Crippen LogP) is 2.05. The van der Waals surface area contributed by atoms with Gasteiger partial charge in [-0.25, -0.2) is 0 Å². The van der Waals surface area contributed by atoms with Crippen molar-refractivity contribution in [2.45, 2.75) is 25.7 Å². The molecule has 3 saturated carbocycles. The van der Waals surface area contributed by atoms with Crippen LogP contribution < -0.4 is 0 Å². The molecule has 0 aliphatic heterocycles. The zero-order valence-electron chi connectivity index (χ0n) is 5.14. The lowest BCUT2D eigenvalue weighted by molar-refractivity contribution is 0.252. The summed E-state index contributed by atoms with van der Waals surface area (Å²) in [7, 11) is 0. The molecule has 3 aliphatic carbocycles. The normalized spacial score (nSPS) is 66.0. The Balaban J connectivity index is 1.93. The van der Waals surface area contributed by atoms with Gasteiger partial charge in [0.1, 0.15) is 0 Å². The Bertz CT molecular complexity index is 114. The van der Waals surface area contributed by atoms with Crippen molar-refractivity contribution in [2.24, 2.45) is 23.7 Å². The first-order chi connectivity index (χ1) is 3.97. The highest BCUT2D eigenvalue weighted by atomic mass is 14.7. The largest absolute Gasteiger partial charge is 0.0527 e. The fourth-order valence-corrected chi connectivity index (χ4v) is 3.15. The Morgan fingerprint density at radius 2 is 2.00 bits per heavy atom. The summed E-state index contributed by atoms with van der Waals surface area (Å²) >= 11 is 0. The van der Waals surface area contributed by atoms with Gasteiger partial charge in [-0.3, -0.25) is 0 Å². The molecular formula is C8H12. The maximum absolute atomic E-state index is 1.62. The van der Waals surface area contributed by atoms with Crippen LogP contribution in [0.15, 0.2) is 0 Å². The summed E-state index contributed by atoms with van der Waals surface area (Å²) in [5.74, 6) is 4.98. The summed E-state index contributed by atoms with van der Waals surface area (Å²) in [6, 6.07) is 0. The summed E-state index contributed by atoms with van der Waals surface area (Å²) < 4.78 is 0. The minimum absolute atomic E-state index is 1.22. The lowest BCUT2D eigenvalue weighted by atomic mass is 9.81. The Labute approximate surface area is 50.3 Å². The van der Waals surface area contributed by atoms with E-state index in [1.165, 1.54) is 23.7 Å². The van der Waals surface area contributed by atoms with Crippen LogP contribution in [0.3, 0.4) is 0 Å². The number of fused-ring (bicyclic) bond motifs is 1. The van der Waals surface area contributed by atoms with Crippen LogP contribution in [-0.4, -0.2) is 0 Å². The predicted molar refractivity (Wildman–Crippen MR) is 32.4 cm³/mol. The molecule has 0 heterocycles. The van der Waals surface area contributed by atoms with Crippen molar-refractivity contribution in [3.63, 3.8) is 0 Å². The molecule has 4 unspecified atom stereocenters. The Hall–Kier alpha value is 0. The summed E-state index contributed by atoms with van der Waals surface area (Å²) in [5, 5.41) is 0. The molecule has 4 atom stereocenters. The van der Waals surface area contributed by atoms with Crippen molar-refractivity contribution in [2.75, 3.05) is 0 Å². The molecule has 0 N–H and O–H groups in total. The van der Waals surface area contributed by atoms with Crippen LogP contribution in [-0.2, 0) is 0 Å². The molecule has 0 bridgehead atoms. The van der Waals surface area contributed by atoms with Gasteiger partial charge >= 0.3 is 0 Å². The van der Waals surface area contributed by atoms with Gasteiger partial charge in [-0.05, 0) is 36.5 Å². The van der Waals surface area contributed by atoms with Crippen LogP contribution in [0.25, 0.3) is 0 Å². The van der Waals surface area contributed by atoms with Gasteiger partial charge in [0.15, 0.2) is 0 Å². The monoisotopic (exact) mass is 108 g/mol. The standard InChI is InChI=1S/C8H12/c1-2-5-4-7-6(3-1)8(5)7/h5-8H,1-4H2. The van der Waals surface area contributed by atoms with Crippen molar-refractivity contribution < 1.29 is 0 Å². The fourth-order valence-electron chi connectivity index (χ4n) is 3.15. The van der Waals surface area contributed by atoms with Gasteiger partial charge < -0.3 is 0 Å². The molecule has 8 heavy (non-hydrogen) atoms. The summed E-state index contributed by atoms with van der Waals surface area (Å²) in [5.41, 5.74) is 0. The van der Waals surface area contributed by atoms with E-state index in [1.54, 1.807) is 25.7 Å². The highest BCUT2D eigenvalue weighted by Gasteiger charge is 2.63. The highest BCUT2D eigenvalue weighted by Crippen LogP contribution is 2.70. The SMILES string of the molecule is C1CC2CC3C(C1)C23. The van der Waals surface area contributed by atoms with E-state index < -0.39 is 0 Å². The number of rotatable bonds is 0. The first-order valence-corrected chi connectivity index (χ1v) is 3.97. The van der Waals surface area contributed by atoms with E-state index in [-0.39, 0.29) is 0 Å². The maximum atomic E-state index is 1.62. The van der Waals surface area contributed by atoms with E-state index in [4.69, 9.17) is 0 Å². The fraction of sp³-hybridized carbons (Fsp3) is 1.00. The van der Waals surface area contributed by atoms with Gasteiger partial charge in [0.05, 0.1) is 0 Å². The zero-order valence-corrected chi connectivity index (χ0v) is 5.14. The molecule has 0 radical (unpaired) electrons. The molecule has 3 rings (SSSR count). The Kier molecular flexibility index (Phi) is 0.482. The molecule has 0 aromatic rings. The molecule has 0 nitrogen and oxygen atoms in total. The van der Waals surface area contributed by atoms with Crippen molar-refractivity contribution in [1.82, 2.24) is 0 Å². The first kappa shape index (κ1) is 3.92. The molecule has 0 saturated heterocycles. The molecule has 0 amide bonds. The van der Waals surface area contributed by atoms with Gasteiger partial charge in [0, 0.05) is 0 Å². The van der Waals surface area contributed by atoms with E-state index in [0.29, 0.717) is 0 Å². The van der Waals surface area contributed by atoms with Crippen molar-refractivity contribution in [1.29, 1.82) is 0 Å². The van der Waals surface area contributed by atoms with E-state index >= 15 is 0 Å². The van der Waals surface area contributed by atoms with Crippen molar-refractivity contribution in [3.05, 3.63) is 0 Å². The lowest BCUT2D eigenvalue weighted by Gasteiger charge is -2.25. The Morgan fingerprint density at radius 1 is 1.00 bits per heavy atom. The molecule has 3 aliphatic rings. The zero-order chi connectivity index (χ0) is 5.14. The maximum Gasteiger partial charge on any atom is -0.0323 e.